The number of alkyl halides is 3. The zero-order valence-electron chi connectivity index (χ0n) is 17.2. The second kappa shape index (κ2) is 10.3. The molecule has 32 heavy (non-hydrogen) atoms. The molecule has 0 radical (unpaired) electrons. The summed E-state index contributed by atoms with van der Waals surface area (Å²) in [7, 11) is 0. The van der Waals surface area contributed by atoms with Gasteiger partial charge in [-0.25, -0.2) is 9.78 Å². The molecule has 2 aliphatic rings. The molecule has 0 aliphatic carbocycles. The monoisotopic (exact) mass is 473 g/mol. The molecule has 0 unspecified atom stereocenters. The van der Waals surface area contributed by atoms with Gasteiger partial charge in [0.25, 0.3) is 5.91 Å². The van der Waals surface area contributed by atoms with Gasteiger partial charge in [-0.1, -0.05) is 0 Å². The van der Waals surface area contributed by atoms with E-state index in [9.17, 15) is 18.0 Å². The smallest absolute Gasteiger partial charge is 0.475 e. The van der Waals surface area contributed by atoms with Gasteiger partial charge in [-0.2, -0.15) is 23.4 Å². The molecule has 2 aliphatic heterocycles. The van der Waals surface area contributed by atoms with Crippen molar-refractivity contribution >= 4 is 23.2 Å². The Morgan fingerprint density at radius 3 is 2.62 bits per heavy atom. The van der Waals surface area contributed by atoms with Crippen LogP contribution >= 0.6 is 11.3 Å². The van der Waals surface area contributed by atoms with Crippen molar-refractivity contribution in [2.75, 3.05) is 32.8 Å². The number of thiazole rings is 1. The second-order valence-corrected chi connectivity index (χ2v) is 8.47. The molecule has 1 amide bonds. The SMILES string of the molecule is Cc1nc(CN2CCO[C@@H]3CN(C(=O)c4ccnnc4)C[C@@H]3C2)cs1.O=C(O)C(F)(F)F. The quantitative estimate of drug-likeness (QED) is 0.720. The van der Waals surface area contributed by atoms with Crippen LogP contribution in [0.4, 0.5) is 13.2 Å². The Hall–Kier alpha value is -2.64. The minimum absolute atomic E-state index is 0.00764. The first-order valence-corrected chi connectivity index (χ1v) is 10.6. The highest BCUT2D eigenvalue weighted by Gasteiger charge is 2.39. The molecule has 2 aromatic heterocycles. The van der Waals surface area contributed by atoms with Crippen molar-refractivity contribution < 1.29 is 32.6 Å². The Balaban J connectivity index is 0.000000360. The highest BCUT2D eigenvalue weighted by molar-refractivity contribution is 7.09. The van der Waals surface area contributed by atoms with E-state index < -0.39 is 12.1 Å². The minimum Gasteiger partial charge on any atom is -0.475 e. The van der Waals surface area contributed by atoms with Crippen LogP contribution in [-0.4, -0.2) is 87.0 Å². The lowest BCUT2D eigenvalue weighted by Crippen LogP contribution is -2.33. The number of aliphatic carboxylic acids is 1. The fourth-order valence-corrected chi connectivity index (χ4v) is 4.18. The molecule has 4 rings (SSSR count). The Labute approximate surface area is 185 Å². The molecule has 2 aromatic rings. The van der Waals surface area contributed by atoms with Crippen LogP contribution in [0.15, 0.2) is 23.8 Å². The van der Waals surface area contributed by atoms with E-state index in [1.54, 1.807) is 23.6 Å². The number of rotatable bonds is 3. The number of amides is 1. The lowest BCUT2D eigenvalue weighted by atomic mass is 10.1. The second-order valence-electron chi connectivity index (χ2n) is 7.41. The number of nitrogens with zero attached hydrogens (tertiary/aromatic N) is 5. The summed E-state index contributed by atoms with van der Waals surface area (Å²) in [6, 6.07) is 1.71. The van der Waals surface area contributed by atoms with Gasteiger partial charge in [0.05, 0.1) is 41.4 Å². The molecule has 0 spiro atoms. The van der Waals surface area contributed by atoms with Crippen molar-refractivity contribution in [3.8, 4) is 0 Å². The number of fused-ring (bicyclic) bond motifs is 1. The van der Waals surface area contributed by atoms with E-state index in [1.165, 1.54) is 6.20 Å². The first kappa shape index (κ1) is 24.0. The number of aryl methyl sites for hydroxylation is 1. The normalized spacial score (nSPS) is 21.3. The van der Waals surface area contributed by atoms with Gasteiger partial charge >= 0.3 is 12.1 Å². The van der Waals surface area contributed by atoms with Crippen LogP contribution in [0, 0.1) is 12.8 Å². The summed E-state index contributed by atoms with van der Waals surface area (Å²) in [4.78, 5) is 30.4. The van der Waals surface area contributed by atoms with E-state index in [1.807, 2.05) is 11.8 Å². The maximum atomic E-state index is 12.6. The van der Waals surface area contributed by atoms with E-state index in [2.05, 4.69) is 25.5 Å². The molecule has 4 heterocycles. The van der Waals surface area contributed by atoms with Gasteiger partial charge < -0.3 is 14.7 Å². The third-order valence-electron chi connectivity index (χ3n) is 5.03. The van der Waals surface area contributed by atoms with Crippen molar-refractivity contribution in [3.05, 3.63) is 40.1 Å². The van der Waals surface area contributed by atoms with Gasteiger partial charge in [0.15, 0.2) is 0 Å². The molecule has 2 fully saturated rings. The molecule has 0 bridgehead atoms. The third kappa shape index (κ3) is 6.43. The standard InChI is InChI=1S/C17H21N5O2S.C2HF3O2/c1-12-20-15(11-25-12)9-21-4-5-24-16-10-22(8-14(16)7-21)17(23)13-2-3-18-19-6-13;3-2(4,5)1(6)7/h2-3,6,11,14,16H,4-5,7-10H2,1H3;(H,6,7)/t14-,16+;/m0./s1. The Morgan fingerprint density at radius 2 is 2.03 bits per heavy atom. The average molecular weight is 473 g/mol. The number of hydrogen-bond acceptors (Lipinski definition) is 8. The molecule has 9 nitrogen and oxygen atoms in total. The number of halogens is 3. The van der Waals surface area contributed by atoms with Crippen LogP contribution < -0.4 is 0 Å². The van der Waals surface area contributed by atoms with E-state index in [0.717, 1.165) is 36.9 Å². The summed E-state index contributed by atoms with van der Waals surface area (Å²) in [6.07, 6.45) is -1.90. The van der Waals surface area contributed by atoms with Crippen LogP contribution in [0.5, 0.6) is 0 Å². The summed E-state index contributed by atoms with van der Waals surface area (Å²) in [5.74, 6) is -2.42. The predicted molar refractivity (Wildman–Crippen MR) is 107 cm³/mol. The summed E-state index contributed by atoms with van der Waals surface area (Å²) in [5.41, 5.74) is 1.70. The number of carbonyl (C=O) groups is 2. The number of aromatic nitrogens is 3. The van der Waals surface area contributed by atoms with E-state index >= 15 is 0 Å². The van der Waals surface area contributed by atoms with Crippen molar-refractivity contribution in [2.24, 2.45) is 5.92 Å². The van der Waals surface area contributed by atoms with Crippen molar-refractivity contribution in [1.82, 2.24) is 25.0 Å². The number of carbonyl (C=O) groups excluding carboxylic acids is 1. The van der Waals surface area contributed by atoms with Gasteiger partial charge in [0.1, 0.15) is 0 Å². The largest absolute Gasteiger partial charge is 0.490 e. The molecule has 2 atom stereocenters. The number of likely N-dealkylation sites (tertiary alicyclic amines) is 1. The number of carboxylic acid groups (broad SMARTS) is 1. The molecule has 2 saturated heterocycles. The van der Waals surface area contributed by atoms with Crippen LogP contribution in [0.3, 0.4) is 0 Å². The maximum Gasteiger partial charge on any atom is 0.490 e. The highest BCUT2D eigenvalue weighted by Crippen LogP contribution is 2.26. The fourth-order valence-electron chi connectivity index (χ4n) is 3.58. The maximum absolute atomic E-state index is 12.6. The lowest BCUT2D eigenvalue weighted by molar-refractivity contribution is -0.192. The van der Waals surface area contributed by atoms with E-state index in [4.69, 9.17) is 14.6 Å². The van der Waals surface area contributed by atoms with Gasteiger partial charge in [-0.15, -0.1) is 11.3 Å². The Kier molecular flexibility index (Phi) is 7.74. The first-order valence-electron chi connectivity index (χ1n) is 9.74. The fraction of sp³-hybridized carbons (Fsp3) is 0.526. The average Bonchev–Trinajstić information content (AvgIpc) is 3.28. The van der Waals surface area contributed by atoms with Gasteiger partial charge in [-0.05, 0) is 13.0 Å². The molecule has 0 saturated carbocycles. The molecule has 13 heteroatoms. The van der Waals surface area contributed by atoms with Gasteiger partial charge in [0, 0.05) is 44.0 Å². The zero-order valence-corrected chi connectivity index (χ0v) is 18.0. The van der Waals surface area contributed by atoms with Gasteiger partial charge in [-0.3, -0.25) is 9.69 Å². The van der Waals surface area contributed by atoms with Crippen molar-refractivity contribution in [1.29, 1.82) is 0 Å². The minimum atomic E-state index is -5.08. The summed E-state index contributed by atoms with van der Waals surface area (Å²) >= 11 is 1.69. The Bertz CT molecular complexity index is 927. The van der Waals surface area contributed by atoms with E-state index in [-0.39, 0.29) is 12.0 Å². The topological polar surface area (TPSA) is 109 Å². The van der Waals surface area contributed by atoms with Crippen LogP contribution in [0.1, 0.15) is 21.1 Å². The highest BCUT2D eigenvalue weighted by atomic mass is 32.1. The zero-order chi connectivity index (χ0) is 23.3. The van der Waals surface area contributed by atoms with Crippen LogP contribution in [0.25, 0.3) is 0 Å². The molecular weight excluding hydrogens is 451 g/mol. The summed E-state index contributed by atoms with van der Waals surface area (Å²) < 4.78 is 37.8. The molecule has 174 valence electrons. The number of ether oxygens (including phenoxy) is 1. The molecule has 0 aromatic carbocycles. The lowest BCUT2D eigenvalue weighted by Gasteiger charge is -2.22. The molecular formula is C19H22F3N5O4S. The first-order chi connectivity index (χ1) is 15.1. The third-order valence-corrected chi connectivity index (χ3v) is 5.85. The number of carboxylic acids is 1. The summed E-state index contributed by atoms with van der Waals surface area (Å²) in [5, 5.41) is 17.9. The summed E-state index contributed by atoms with van der Waals surface area (Å²) in [6.45, 7) is 6.78. The predicted octanol–water partition coefficient (Wildman–Crippen LogP) is 1.85. The Morgan fingerprint density at radius 1 is 1.28 bits per heavy atom. The van der Waals surface area contributed by atoms with E-state index in [0.29, 0.717) is 24.6 Å². The van der Waals surface area contributed by atoms with Crippen LogP contribution in [0.2, 0.25) is 0 Å². The van der Waals surface area contributed by atoms with Crippen molar-refractivity contribution in [2.45, 2.75) is 25.7 Å². The van der Waals surface area contributed by atoms with Crippen molar-refractivity contribution in [3.63, 3.8) is 0 Å². The van der Waals surface area contributed by atoms with Crippen LogP contribution in [-0.2, 0) is 16.1 Å². The van der Waals surface area contributed by atoms with Gasteiger partial charge in [0.2, 0.25) is 0 Å². The number of hydrogen-bond donors (Lipinski definition) is 1. The molecule has 1 N–H and O–H groups in total.